The lowest BCUT2D eigenvalue weighted by atomic mass is 10.1. The fraction of sp³-hybridized carbons (Fsp3) is 0.429. The summed E-state index contributed by atoms with van der Waals surface area (Å²) in [5.74, 6) is 2.42. The summed E-state index contributed by atoms with van der Waals surface area (Å²) in [4.78, 5) is 0. The van der Waals surface area contributed by atoms with E-state index in [9.17, 15) is 0 Å². The molecule has 0 heterocycles. The third-order valence-corrected chi connectivity index (χ3v) is 4.51. The van der Waals surface area contributed by atoms with E-state index in [-0.39, 0.29) is 19.3 Å². The van der Waals surface area contributed by atoms with Gasteiger partial charge in [-0.05, 0) is 49.2 Å². The zero-order valence-corrected chi connectivity index (χ0v) is 17.5. The maximum Gasteiger partial charge on any atom is 0.179 e. The van der Waals surface area contributed by atoms with Gasteiger partial charge in [0.15, 0.2) is 23.0 Å². The third-order valence-electron chi connectivity index (χ3n) is 4.23. The summed E-state index contributed by atoms with van der Waals surface area (Å²) in [7, 11) is 3.19. The molecule has 0 bridgehead atoms. The Kier molecular flexibility index (Phi) is 8.70. The van der Waals surface area contributed by atoms with Crippen molar-refractivity contribution in [2.75, 3.05) is 34.0 Å². The molecule has 2 rings (SSSR count). The van der Waals surface area contributed by atoms with Crippen LogP contribution in [0.25, 0.3) is 0 Å². The molecule has 154 valence electrons. The lowest BCUT2D eigenvalue weighted by Crippen LogP contribution is -2.18. The topological polar surface area (TPSA) is 69.2 Å². The standard InChI is InChI=1S/C21H28ClNO5/c1-5-27-21-17(22)10-15(11-20(21)26-4)13-23-14(2)16-6-7-18(28-9-8-24)19(12-16)25-3/h6-7,10-12,14,23-24H,5,8-9,13H2,1-4H3. The van der Waals surface area contributed by atoms with E-state index in [4.69, 9.17) is 35.7 Å². The predicted octanol–water partition coefficient (Wildman–Crippen LogP) is 3.98. The Morgan fingerprint density at radius 2 is 1.79 bits per heavy atom. The van der Waals surface area contributed by atoms with Gasteiger partial charge >= 0.3 is 0 Å². The summed E-state index contributed by atoms with van der Waals surface area (Å²) in [5, 5.41) is 12.9. The summed E-state index contributed by atoms with van der Waals surface area (Å²) >= 11 is 6.34. The van der Waals surface area contributed by atoms with Gasteiger partial charge in [0.2, 0.25) is 0 Å². The monoisotopic (exact) mass is 409 g/mol. The molecule has 1 atom stereocenters. The van der Waals surface area contributed by atoms with E-state index in [0.29, 0.717) is 41.2 Å². The van der Waals surface area contributed by atoms with E-state index in [1.807, 2.05) is 37.3 Å². The summed E-state index contributed by atoms with van der Waals surface area (Å²) in [5.41, 5.74) is 2.05. The number of rotatable bonds is 11. The number of halogens is 1. The maximum absolute atomic E-state index is 8.91. The number of nitrogens with one attached hydrogen (secondary N) is 1. The number of aliphatic hydroxyl groups is 1. The minimum atomic E-state index is -0.0447. The van der Waals surface area contributed by atoms with Crippen molar-refractivity contribution in [1.82, 2.24) is 5.32 Å². The van der Waals surface area contributed by atoms with Crippen LogP contribution in [-0.2, 0) is 6.54 Å². The highest BCUT2D eigenvalue weighted by Gasteiger charge is 2.14. The summed E-state index contributed by atoms with van der Waals surface area (Å²) in [6, 6.07) is 9.61. The second-order valence-electron chi connectivity index (χ2n) is 6.13. The summed E-state index contributed by atoms with van der Waals surface area (Å²) in [6.07, 6.45) is 0. The van der Waals surface area contributed by atoms with E-state index < -0.39 is 0 Å². The highest BCUT2D eigenvalue weighted by Crippen LogP contribution is 2.36. The fourth-order valence-corrected chi connectivity index (χ4v) is 3.06. The van der Waals surface area contributed by atoms with E-state index in [1.54, 1.807) is 14.2 Å². The van der Waals surface area contributed by atoms with Crippen molar-refractivity contribution in [3.63, 3.8) is 0 Å². The van der Waals surface area contributed by atoms with Gasteiger partial charge in [0.1, 0.15) is 6.61 Å². The van der Waals surface area contributed by atoms with Crippen molar-refractivity contribution in [3.05, 3.63) is 46.5 Å². The van der Waals surface area contributed by atoms with Crippen LogP contribution in [0.4, 0.5) is 0 Å². The molecule has 0 aliphatic heterocycles. The second kappa shape index (κ2) is 11.0. The molecule has 0 saturated carbocycles. The van der Waals surface area contributed by atoms with E-state index >= 15 is 0 Å². The molecule has 0 amide bonds. The van der Waals surface area contributed by atoms with Crippen LogP contribution in [0, 0.1) is 0 Å². The molecule has 28 heavy (non-hydrogen) atoms. The molecule has 7 heteroatoms. The van der Waals surface area contributed by atoms with Crippen molar-refractivity contribution >= 4 is 11.6 Å². The Morgan fingerprint density at radius 1 is 1.04 bits per heavy atom. The number of hydrogen-bond donors (Lipinski definition) is 2. The normalized spacial score (nSPS) is 11.8. The molecule has 0 aliphatic rings. The van der Waals surface area contributed by atoms with Gasteiger partial charge in [-0.3, -0.25) is 0 Å². The van der Waals surface area contributed by atoms with Gasteiger partial charge in [0, 0.05) is 12.6 Å². The highest BCUT2D eigenvalue weighted by molar-refractivity contribution is 6.32. The van der Waals surface area contributed by atoms with E-state index in [1.165, 1.54) is 0 Å². The van der Waals surface area contributed by atoms with Crippen molar-refractivity contribution in [3.8, 4) is 23.0 Å². The molecule has 0 radical (unpaired) electrons. The second-order valence-corrected chi connectivity index (χ2v) is 6.53. The van der Waals surface area contributed by atoms with Crippen molar-refractivity contribution in [2.24, 2.45) is 0 Å². The van der Waals surface area contributed by atoms with Crippen molar-refractivity contribution in [2.45, 2.75) is 26.4 Å². The molecule has 2 aromatic carbocycles. The molecule has 0 spiro atoms. The molecular formula is C21H28ClNO5. The molecule has 0 saturated heterocycles. The first kappa shape index (κ1) is 22.1. The Bertz CT molecular complexity index is 769. The zero-order chi connectivity index (χ0) is 20.5. The number of methoxy groups -OCH3 is 2. The van der Waals surface area contributed by atoms with Crippen LogP contribution in [0.15, 0.2) is 30.3 Å². The number of aliphatic hydroxyl groups excluding tert-OH is 1. The molecule has 2 N–H and O–H groups in total. The van der Waals surface area contributed by atoms with Crippen LogP contribution in [-0.4, -0.2) is 39.1 Å². The molecule has 6 nitrogen and oxygen atoms in total. The predicted molar refractivity (Wildman–Crippen MR) is 110 cm³/mol. The quantitative estimate of drug-likeness (QED) is 0.585. The van der Waals surface area contributed by atoms with Gasteiger partial charge in [-0.2, -0.15) is 0 Å². The smallest absolute Gasteiger partial charge is 0.179 e. The van der Waals surface area contributed by atoms with E-state index in [2.05, 4.69) is 12.2 Å². The zero-order valence-electron chi connectivity index (χ0n) is 16.8. The minimum Gasteiger partial charge on any atom is -0.493 e. The first-order valence-corrected chi connectivity index (χ1v) is 9.56. The minimum absolute atomic E-state index is 0.0447. The lowest BCUT2D eigenvalue weighted by Gasteiger charge is -2.18. The molecule has 0 aromatic heterocycles. The summed E-state index contributed by atoms with van der Waals surface area (Å²) < 4.78 is 21.8. The average Bonchev–Trinajstić information content (AvgIpc) is 2.71. The SMILES string of the molecule is CCOc1c(Cl)cc(CNC(C)c2ccc(OCCO)c(OC)c2)cc1OC. The van der Waals surface area contributed by atoms with Crippen molar-refractivity contribution in [1.29, 1.82) is 0 Å². The van der Waals surface area contributed by atoms with Gasteiger partial charge in [-0.1, -0.05) is 17.7 Å². The third kappa shape index (κ3) is 5.67. The molecule has 0 fully saturated rings. The van der Waals surface area contributed by atoms with Crippen LogP contribution in [0.2, 0.25) is 5.02 Å². The lowest BCUT2D eigenvalue weighted by molar-refractivity contribution is 0.196. The Morgan fingerprint density at radius 3 is 2.43 bits per heavy atom. The average molecular weight is 410 g/mol. The van der Waals surface area contributed by atoms with E-state index in [0.717, 1.165) is 11.1 Å². The van der Waals surface area contributed by atoms with Crippen LogP contribution in [0.1, 0.15) is 31.0 Å². The Hall–Kier alpha value is -2.15. The first-order valence-electron chi connectivity index (χ1n) is 9.18. The van der Waals surface area contributed by atoms with Gasteiger partial charge in [-0.15, -0.1) is 0 Å². The number of benzene rings is 2. The van der Waals surface area contributed by atoms with Crippen molar-refractivity contribution < 1.29 is 24.1 Å². The molecule has 0 aliphatic carbocycles. The number of ether oxygens (including phenoxy) is 4. The molecule has 1 unspecified atom stereocenters. The van der Waals surface area contributed by atoms with Gasteiger partial charge in [0.25, 0.3) is 0 Å². The highest BCUT2D eigenvalue weighted by atomic mass is 35.5. The largest absolute Gasteiger partial charge is 0.493 e. The number of hydrogen-bond acceptors (Lipinski definition) is 6. The molecule has 2 aromatic rings. The Labute approximate surface area is 171 Å². The van der Waals surface area contributed by atoms with Crippen LogP contribution >= 0.6 is 11.6 Å². The maximum atomic E-state index is 8.91. The fourth-order valence-electron chi connectivity index (χ4n) is 2.78. The van der Waals surface area contributed by atoms with Gasteiger partial charge in [0.05, 0.1) is 32.5 Å². The molecular weight excluding hydrogens is 382 g/mol. The Balaban J connectivity index is 2.09. The van der Waals surface area contributed by atoms with Crippen LogP contribution in [0.3, 0.4) is 0 Å². The van der Waals surface area contributed by atoms with Gasteiger partial charge < -0.3 is 29.4 Å². The summed E-state index contributed by atoms with van der Waals surface area (Å²) in [6.45, 7) is 5.28. The van der Waals surface area contributed by atoms with Crippen LogP contribution in [0.5, 0.6) is 23.0 Å². The first-order chi connectivity index (χ1) is 13.5. The van der Waals surface area contributed by atoms with Crippen LogP contribution < -0.4 is 24.3 Å². The van der Waals surface area contributed by atoms with Gasteiger partial charge in [-0.25, -0.2) is 0 Å².